The first-order valence-electron chi connectivity index (χ1n) is 7.99. The van der Waals surface area contributed by atoms with Crippen molar-refractivity contribution < 1.29 is 26.9 Å². The summed E-state index contributed by atoms with van der Waals surface area (Å²) in [7, 11) is -2.61. The average Bonchev–Trinajstić information content (AvgIpc) is 3.36. The first-order chi connectivity index (χ1) is 12.3. The van der Waals surface area contributed by atoms with E-state index in [9.17, 15) is 9.79 Å². The molecule has 0 heterocycles. The molecule has 0 amide bonds. The molecule has 3 aromatic rings. The molecule has 0 atom stereocenters. The molecule has 26 heavy (non-hydrogen) atoms. The summed E-state index contributed by atoms with van der Waals surface area (Å²) in [4.78, 5) is 23.0. The van der Waals surface area contributed by atoms with Crippen molar-refractivity contribution in [3.63, 3.8) is 0 Å². The van der Waals surface area contributed by atoms with Crippen LogP contribution in [0.2, 0.25) is 0 Å². The van der Waals surface area contributed by atoms with E-state index in [0.29, 0.717) is 5.29 Å². The molecule has 4 heteroatoms. The Kier molecular flexibility index (Phi) is 7.87. The molecule has 0 N–H and O–H groups in total. The molecule has 0 spiro atoms. The third-order valence-corrected chi connectivity index (χ3v) is 4.60. The molecular formula is C22H17FeO2P. The summed E-state index contributed by atoms with van der Waals surface area (Å²) in [6, 6.07) is 29.5. The molecule has 1 aliphatic rings. The van der Waals surface area contributed by atoms with E-state index in [2.05, 4.69) is 0 Å². The van der Waals surface area contributed by atoms with E-state index >= 15 is 0 Å². The van der Waals surface area contributed by atoms with Gasteiger partial charge in [-0.05, 0) is 28.9 Å². The van der Waals surface area contributed by atoms with Gasteiger partial charge in [-0.1, -0.05) is 60.7 Å². The second-order valence-corrected chi connectivity index (χ2v) is 6.45. The third-order valence-electron chi connectivity index (χ3n) is 3.83. The fourth-order valence-electron chi connectivity index (χ4n) is 2.71. The van der Waals surface area contributed by atoms with Crippen molar-refractivity contribution in [3.8, 4) is 0 Å². The van der Waals surface area contributed by atoms with Crippen LogP contribution in [0.5, 0.6) is 0 Å². The topological polar surface area (TPSA) is 46.1 Å². The minimum Gasteiger partial charge on any atom is -0.633 e. The van der Waals surface area contributed by atoms with Gasteiger partial charge < -0.3 is 9.79 Å². The SMILES string of the molecule is [Fe+2].[O-][P+]([O-])=C1C=CC(c2ccccc2)=C1c1ccccc1.c1cc[cH-]c1. The summed E-state index contributed by atoms with van der Waals surface area (Å²) < 4.78 is 0. The van der Waals surface area contributed by atoms with Crippen molar-refractivity contribution in [2.24, 2.45) is 0 Å². The maximum absolute atomic E-state index is 11.5. The van der Waals surface area contributed by atoms with Crippen molar-refractivity contribution in [1.29, 1.82) is 0 Å². The van der Waals surface area contributed by atoms with Gasteiger partial charge in [-0.3, -0.25) is 0 Å². The van der Waals surface area contributed by atoms with Gasteiger partial charge in [0.2, 0.25) is 0 Å². The summed E-state index contributed by atoms with van der Waals surface area (Å²) in [5.74, 6) is 0. The fraction of sp³-hybridized carbons (Fsp3) is 0. The van der Waals surface area contributed by atoms with Crippen LogP contribution in [0.3, 0.4) is 0 Å². The van der Waals surface area contributed by atoms with Gasteiger partial charge in [0.15, 0.2) is 0 Å². The quantitative estimate of drug-likeness (QED) is 0.374. The molecule has 0 saturated carbocycles. The van der Waals surface area contributed by atoms with Gasteiger partial charge in [0.25, 0.3) is 0 Å². The van der Waals surface area contributed by atoms with Crippen LogP contribution in [-0.2, 0) is 17.1 Å². The van der Waals surface area contributed by atoms with Crippen molar-refractivity contribution in [1.82, 2.24) is 0 Å². The van der Waals surface area contributed by atoms with Gasteiger partial charge in [-0.25, -0.2) is 12.1 Å². The molecule has 0 bridgehead atoms. The van der Waals surface area contributed by atoms with Crippen molar-refractivity contribution in [2.75, 3.05) is 0 Å². The van der Waals surface area contributed by atoms with Crippen molar-refractivity contribution in [3.05, 3.63) is 114 Å². The van der Waals surface area contributed by atoms with Gasteiger partial charge in [-0.15, -0.1) is 0 Å². The molecule has 1 aliphatic carbocycles. The van der Waals surface area contributed by atoms with Crippen LogP contribution >= 0.6 is 8.00 Å². The smallest absolute Gasteiger partial charge is 0.633 e. The van der Waals surface area contributed by atoms with Crippen molar-refractivity contribution in [2.45, 2.75) is 0 Å². The van der Waals surface area contributed by atoms with E-state index in [4.69, 9.17) is 0 Å². The van der Waals surface area contributed by atoms with Crippen LogP contribution < -0.4 is 9.79 Å². The number of benzene rings is 2. The predicted octanol–water partition coefficient (Wildman–Crippen LogP) is 3.78. The second-order valence-electron chi connectivity index (χ2n) is 5.46. The summed E-state index contributed by atoms with van der Waals surface area (Å²) in [6.45, 7) is 0. The number of hydrogen-bond acceptors (Lipinski definition) is 2. The molecule has 0 unspecified atom stereocenters. The molecule has 2 nitrogen and oxygen atoms in total. The Bertz CT molecular complexity index is 875. The second kappa shape index (κ2) is 10.1. The van der Waals surface area contributed by atoms with Crippen LogP contribution in [0.1, 0.15) is 11.1 Å². The van der Waals surface area contributed by atoms with Gasteiger partial charge in [0.1, 0.15) is 5.29 Å². The van der Waals surface area contributed by atoms with E-state index in [0.717, 1.165) is 22.3 Å². The Morgan fingerprint density at radius 3 is 1.65 bits per heavy atom. The van der Waals surface area contributed by atoms with E-state index in [-0.39, 0.29) is 17.1 Å². The van der Waals surface area contributed by atoms with E-state index in [1.165, 1.54) is 0 Å². The molecule has 4 rings (SSSR count). The van der Waals surface area contributed by atoms with Gasteiger partial charge in [-0.2, -0.15) is 18.2 Å². The number of rotatable bonds is 2. The normalized spacial score (nSPS) is 12.3. The van der Waals surface area contributed by atoms with Crippen LogP contribution in [0, 0.1) is 0 Å². The number of hydrogen-bond donors (Lipinski definition) is 0. The minimum absolute atomic E-state index is 0. The van der Waals surface area contributed by atoms with Crippen LogP contribution in [0.15, 0.2) is 103 Å². The molecule has 0 aliphatic heterocycles. The van der Waals surface area contributed by atoms with Crippen LogP contribution in [0.25, 0.3) is 11.1 Å². The minimum atomic E-state index is -2.61. The standard InChI is InChI=1S/C17H13O2P.C5H5.Fe/c18-20(19)16-12-11-15(13-7-3-1-4-8-13)17(16)14-9-5-2-6-10-14;1-2-4-5-3-1;/h1-12H,(H,18,19);1-5H;/q;-1;+2/p-1. The van der Waals surface area contributed by atoms with Gasteiger partial charge in [0.05, 0.1) is 0 Å². The van der Waals surface area contributed by atoms with Gasteiger partial charge in [0, 0.05) is 13.6 Å². The van der Waals surface area contributed by atoms with Gasteiger partial charge >= 0.3 is 17.1 Å². The first kappa shape index (κ1) is 20.2. The number of allylic oxidation sites excluding steroid dienone is 4. The summed E-state index contributed by atoms with van der Waals surface area (Å²) in [6.07, 6.45) is 3.55. The Morgan fingerprint density at radius 2 is 1.19 bits per heavy atom. The predicted molar refractivity (Wildman–Crippen MR) is 103 cm³/mol. The average molecular weight is 400 g/mol. The van der Waals surface area contributed by atoms with Crippen LogP contribution in [-0.4, -0.2) is 5.29 Å². The molecule has 3 aromatic carbocycles. The monoisotopic (exact) mass is 400 g/mol. The Morgan fingerprint density at radius 1 is 0.654 bits per heavy atom. The van der Waals surface area contributed by atoms with E-state index < -0.39 is 8.00 Å². The zero-order chi connectivity index (χ0) is 17.5. The van der Waals surface area contributed by atoms with Crippen LogP contribution in [0.4, 0.5) is 0 Å². The Balaban J connectivity index is 0.000000351. The summed E-state index contributed by atoms with van der Waals surface area (Å²) in [5.41, 5.74) is 3.68. The molecule has 0 radical (unpaired) electrons. The van der Waals surface area contributed by atoms with Crippen molar-refractivity contribution >= 4 is 24.4 Å². The van der Waals surface area contributed by atoms with E-state index in [1.54, 1.807) is 6.08 Å². The Labute approximate surface area is 165 Å². The largest absolute Gasteiger partial charge is 2.00 e. The molecule has 0 fully saturated rings. The molecule has 0 saturated heterocycles. The zero-order valence-electron chi connectivity index (χ0n) is 13.9. The zero-order valence-corrected chi connectivity index (χ0v) is 15.9. The van der Waals surface area contributed by atoms with E-state index in [1.807, 2.05) is 97.1 Å². The molecular weight excluding hydrogens is 383 g/mol. The summed E-state index contributed by atoms with van der Waals surface area (Å²) >= 11 is 0. The Hall–Kier alpha value is -2.12. The third kappa shape index (κ3) is 4.95. The maximum atomic E-state index is 11.5. The maximum Gasteiger partial charge on any atom is 2.00 e. The fourth-order valence-corrected chi connectivity index (χ4v) is 3.33. The molecule has 130 valence electrons. The first-order valence-corrected chi connectivity index (χ1v) is 9.16. The molecule has 0 aromatic heterocycles. The summed E-state index contributed by atoms with van der Waals surface area (Å²) in [5, 5.41) is 0.380.